The highest BCUT2D eigenvalue weighted by molar-refractivity contribution is 6.02. The van der Waals surface area contributed by atoms with Crippen molar-refractivity contribution in [2.75, 3.05) is 4.90 Å². The average molecular weight is 766 g/mol. The molecule has 306 valence electrons. The maximum absolute atomic E-state index is 4.25. The molecule has 3 aromatic carbocycles. The maximum atomic E-state index is 4.25. The molecule has 2 heterocycles. The van der Waals surface area contributed by atoms with Gasteiger partial charge in [0.1, 0.15) is 0 Å². The smallest absolute Gasteiger partial charge is 0.0542 e. The Bertz CT molecular complexity index is 2130. The molecule has 0 aliphatic rings. The molecule has 0 bridgehead atoms. The summed E-state index contributed by atoms with van der Waals surface area (Å²) >= 11 is 0. The van der Waals surface area contributed by atoms with Gasteiger partial charge in [-0.15, -0.1) is 0 Å². The summed E-state index contributed by atoms with van der Waals surface area (Å²) in [5.74, 6) is 0. The number of nitrogens with zero attached hydrogens (tertiary/aromatic N) is 3. The predicted molar refractivity (Wildman–Crippen MR) is 266 cm³/mol. The van der Waals surface area contributed by atoms with E-state index in [4.69, 9.17) is 0 Å². The molecule has 0 aliphatic heterocycles. The normalized spacial score (nSPS) is 11.4. The Morgan fingerprint density at radius 3 is 1.44 bits per heavy atom. The molecule has 0 amide bonds. The van der Waals surface area contributed by atoms with Gasteiger partial charge in [0, 0.05) is 50.4 Å². The number of hydrogen-bond donors (Lipinski definition) is 0. The van der Waals surface area contributed by atoms with E-state index in [1.807, 2.05) is 53.7 Å². The van der Waals surface area contributed by atoms with Gasteiger partial charge in [0.25, 0.3) is 0 Å². The van der Waals surface area contributed by atoms with Crippen LogP contribution in [0.2, 0.25) is 0 Å². The number of rotatable bonds is 12. The van der Waals surface area contributed by atoms with Gasteiger partial charge in [0.2, 0.25) is 0 Å². The van der Waals surface area contributed by atoms with Crippen molar-refractivity contribution >= 4 is 74.6 Å². The zero-order chi connectivity index (χ0) is 43.1. The summed E-state index contributed by atoms with van der Waals surface area (Å²) in [6.07, 6.45) is 24.5. The number of anilines is 3. The monoisotopic (exact) mass is 766 g/mol. The summed E-state index contributed by atoms with van der Waals surface area (Å²) in [5, 5.41) is 2.38. The topological polar surface area (TPSA) is 13.1 Å². The van der Waals surface area contributed by atoms with Gasteiger partial charge in [-0.3, -0.25) is 0 Å². The van der Waals surface area contributed by atoms with Crippen molar-refractivity contribution in [3.05, 3.63) is 138 Å². The van der Waals surface area contributed by atoms with Crippen LogP contribution >= 0.6 is 0 Å². The molecule has 0 saturated heterocycles. The summed E-state index contributed by atoms with van der Waals surface area (Å²) in [4.78, 5) is 2.37. The van der Waals surface area contributed by atoms with Crippen LogP contribution in [0, 0.1) is 6.92 Å². The van der Waals surface area contributed by atoms with Crippen molar-refractivity contribution in [3.8, 4) is 0 Å². The molecule has 2 aromatic heterocycles. The molecule has 3 nitrogen and oxygen atoms in total. The van der Waals surface area contributed by atoms with Crippen LogP contribution in [0.15, 0.2) is 110 Å². The van der Waals surface area contributed by atoms with E-state index in [0.29, 0.717) is 0 Å². The second-order valence-electron chi connectivity index (χ2n) is 12.6. The minimum atomic E-state index is 0.928. The lowest BCUT2D eigenvalue weighted by Crippen LogP contribution is -2.10. The van der Waals surface area contributed by atoms with Crippen molar-refractivity contribution in [2.45, 2.75) is 123 Å². The SMILES string of the molecule is C=Cc1c(/C=C\C)c2cc(N(c3ccc(C)cc3)c3ccc4c(c3)c(/C=C\C)c(C=C)n4/C(=C/C)CC)ccc2n1C(/C=C\C)=C/CC.CC.CC.CC.CCC. The van der Waals surface area contributed by atoms with E-state index in [0.717, 1.165) is 58.1 Å². The first-order valence-electron chi connectivity index (χ1n) is 21.5. The molecular weight excluding hydrogens is 691 g/mol. The van der Waals surface area contributed by atoms with Crippen LogP contribution in [-0.2, 0) is 0 Å². The van der Waals surface area contributed by atoms with E-state index >= 15 is 0 Å². The van der Waals surface area contributed by atoms with Gasteiger partial charge in [0.15, 0.2) is 0 Å². The maximum Gasteiger partial charge on any atom is 0.0542 e. The van der Waals surface area contributed by atoms with E-state index in [1.54, 1.807) is 0 Å². The highest BCUT2D eigenvalue weighted by atomic mass is 15.1. The molecule has 0 fully saturated rings. The van der Waals surface area contributed by atoms with Gasteiger partial charge < -0.3 is 14.0 Å². The van der Waals surface area contributed by atoms with Crippen molar-refractivity contribution < 1.29 is 0 Å². The molecule has 0 spiro atoms. The van der Waals surface area contributed by atoms with E-state index in [-0.39, 0.29) is 0 Å². The molecule has 0 radical (unpaired) electrons. The fourth-order valence-corrected chi connectivity index (χ4v) is 6.84. The number of allylic oxidation sites excluding steroid dienone is 8. The molecule has 3 heteroatoms. The lowest BCUT2D eigenvalue weighted by atomic mass is 10.1. The fourth-order valence-electron chi connectivity index (χ4n) is 6.84. The number of benzene rings is 3. The first kappa shape index (κ1) is 49.7. The standard InChI is InChI=1S/C45H49N3.C3H8.3C2H6/c1-10-18-34(19-11-2)48-43(17-8)39(21-13-4)41-31-37(27-29-45(41)48)46(35-24-22-32(9)23-25-35)36-26-28-44-40(30-36)38(20-12-3)42(16-7)47(44)33(14-5)15-6;1-3-2;3*1-2/h10,12-14,16-31H,7-8,11,15H2,1-6,9H3;3H2,1-2H3;3*1-2H3/b18-10-,20-12-,21-13-,33-14+,34-19+;;;;. The van der Waals surface area contributed by atoms with Gasteiger partial charge in [-0.2, -0.15) is 0 Å². The van der Waals surface area contributed by atoms with Crippen LogP contribution in [0.5, 0.6) is 0 Å². The largest absolute Gasteiger partial charge is 0.313 e. The van der Waals surface area contributed by atoms with Crippen molar-refractivity contribution in [1.29, 1.82) is 0 Å². The molecular formula is C54H75N3. The summed E-state index contributed by atoms with van der Waals surface area (Å²) in [6, 6.07) is 22.5. The van der Waals surface area contributed by atoms with Crippen LogP contribution in [0.3, 0.4) is 0 Å². The van der Waals surface area contributed by atoms with E-state index in [1.165, 1.54) is 39.5 Å². The van der Waals surface area contributed by atoms with Crippen LogP contribution in [0.1, 0.15) is 144 Å². The summed E-state index contributed by atoms with van der Waals surface area (Å²) in [5.41, 5.74) is 13.8. The minimum absolute atomic E-state index is 0.928. The molecule has 0 atom stereocenters. The van der Waals surface area contributed by atoms with Gasteiger partial charge in [0.05, 0.1) is 22.4 Å². The number of hydrogen-bond acceptors (Lipinski definition) is 1. The summed E-state index contributed by atoms with van der Waals surface area (Å²) in [7, 11) is 0. The van der Waals surface area contributed by atoms with Crippen LogP contribution < -0.4 is 4.90 Å². The Hall–Kier alpha value is -5.28. The zero-order valence-electron chi connectivity index (χ0n) is 38.4. The quantitative estimate of drug-likeness (QED) is 0.115. The van der Waals surface area contributed by atoms with E-state index in [2.05, 4.69) is 199 Å². The number of fused-ring (bicyclic) bond motifs is 2. The highest BCUT2D eigenvalue weighted by Gasteiger charge is 2.21. The molecule has 0 unspecified atom stereocenters. The predicted octanol–water partition coefficient (Wildman–Crippen LogP) is 18.3. The highest BCUT2D eigenvalue weighted by Crippen LogP contribution is 2.42. The van der Waals surface area contributed by atoms with Crippen molar-refractivity contribution in [3.63, 3.8) is 0 Å². The molecule has 5 rings (SSSR count). The molecule has 0 saturated carbocycles. The summed E-state index contributed by atoms with van der Waals surface area (Å²) < 4.78 is 4.70. The van der Waals surface area contributed by atoms with Gasteiger partial charge in [-0.25, -0.2) is 0 Å². The Balaban J connectivity index is 0.00000167. The van der Waals surface area contributed by atoms with Crippen molar-refractivity contribution in [2.24, 2.45) is 0 Å². The third kappa shape index (κ3) is 11.4. The Morgan fingerprint density at radius 2 is 1.05 bits per heavy atom. The molecule has 0 aliphatic carbocycles. The Kier molecular flexibility index (Phi) is 23.2. The lowest BCUT2D eigenvalue weighted by Gasteiger charge is -2.26. The third-order valence-corrected chi connectivity index (χ3v) is 8.91. The zero-order valence-corrected chi connectivity index (χ0v) is 38.4. The van der Waals surface area contributed by atoms with Gasteiger partial charge >= 0.3 is 0 Å². The molecule has 57 heavy (non-hydrogen) atoms. The minimum Gasteiger partial charge on any atom is -0.313 e. The second kappa shape index (κ2) is 26.6. The van der Waals surface area contributed by atoms with Gasteiger partial charge in [-0.1, -0.05) is 149 Å². The van der Waals surface area contributed by atoms with Crippen molar-refractivity contribution in [1.82, 2.24) is 9.13 Å². The first-order valence-corrected chi connectivity index (χ1v) is 21.5. The van der Waals surface area contributed by atoms with Crippen LogP contribution in [-0.4, -0.2) is 9.13 Å². The van der Waals surface area contributed by atoms with Gasteiger partial charge in [-0.05, 0) is 114 Å². The second-order valence-corrected chi connectivity index (χ2v) is 12.6. The van der Waals surface area contributed by atoms with Crippen LogP contribution in [0.4, 0.5) is 17.1 Å². The van der Waals surface area contributed by atoms with E-state index < -0.39 is 0 Å². The van der Waals surface area contributed by atoms with Crippen LogP contribution in [0.25, 0.3) is 57.5 Å². The Labute approximate surface area is 348 Å². The molecule has 5 aromatic rings. The molecule has 0 N–H and O–H groups in total. The van der Waals surface area contributed by atoms with E-state index in [9.17, 15) is 0 Å². The number of aromatic nitrogens is 2. The third-order valence-electron chi connectivity index (χ3n) is 8.91. The lowest BCUT2D eigenvalue weighted by molar-refractivity contribution is 1.03. The fraction of sp³-hybridized carbons (Fsp3) is 0.333. The first-order chi connectivity index (χ1) is 27.8. The average Bonchev–Trinajstić information content (AvgIpc) is 3.72. The summed E-state index contributed by atoms with van der Waals surface area (Å²) in [6.45, 7) is 39.6. The number of aryl methyl sites for hydroxylation is 1. The Morgan fingerprint density at radius 1 is 0.614 bits per heavy atom.